The van der Waals surface area contributed by atoms with E-state index in [1.54, 1.807) is 49.7 Å². The SMILES string of the molecule is CC(=O)OCc1c(-c2cc(Nc3cc(C)n(C4COC4)n3)c(=O)n(C)c2)ccnc1N1CCn2c(cc3c2CC(C)(C)C3)C1=O.Cc1cc(Nc2cc(Br)cn(C)c2=O)nn1C1COC1. The molecule has 2 saturated heterocycles. The third-order valence-electron chi connectivity index (χ3n) is 12.3. The number of hydrogen-bond donors (Lipinski definition) is 2. The fourth-order valence-corrected chi connectivity index (χ4v) is 9.50. The Balaban J connectivity index is 0.000000222. The molecule has 18 nitrogen and oxygen atoms in total. The maximum absolute atomic E-state index is 14.0. The molecule has 19 heteroatoms. The molecule has 2 N–H and O–H groups in total. The molecule has 0 radical (unpaired) electrons. The summed E-state index contributed by atoms with van der Waals surface area (Å²) in [7, 11) is 3.40. The Labute approximate surface area is 383 Å². The van der Waals surface area contributed by atoms with Crippen LogP contribution in [0.4, 0.5) is 28.8 Å². The first-order valence-corrected chi connectivity index (χ1v) is 22.4. The number of nitrogens with zero attached hydrogens (tertiary/aromatic N) is 9. The summed E-state index contributed by atoms with van der Waals surface area (Å²) in [5.74, 6) is 1.09. The Morgan fingerprint density at radius 3 is 2.03 bits per heavy atom. The van der Waals surface area contributed by atoms with Crippen LogP contribution in [-0.2, 0) is 59.1 Å². The van der Waals surface area contributed by atoms with Crippen molar-refractivity contribution >= 4 is 56.6 Å². The maximum Gasteiger partial charge on any atom is 0.302 e. The monoisotopic (exact) mass is 949 g/mol. The number of fused-ring (bicyclic) bond motifs is 3. The predicted molar refractivity (Wildman–Crippen MR) is 247 cm³/mol. The fraction of sp³-hybridized carbons (Fsp3) is 0.413. The topological polar surface area (TPSA) is 187 Å². The molecule has 3 aliphatic heterocycles. The molecular weight excluding hydrogens is 898 g/mol. The number of carbonyl (C=O) groups is 2. The number of hydrogen-bond acceptors (Lipinski definition) is 12. The van der Waals surface area contributed by atoms with Gasteiger partial charge in [-0.25, -0.2) is 4.98 Å². The van der Waals surface area contributed by atoms with Crippen LogP contribution < -0.4 is 26.7 Å². The van der Waals surface area contributed by atoms with E-state index in [2.05, 4.69) is 60.2 Å². The second-order valence-corrected chi connectivity index (χ2v) is 18.9. The zero-order chi connectivity index (χ0) is 45.9. The third kappa shape index (κ3) is 8.67. The van der Waals surface area contributed by atoms with Gasteiger partial charge >= 0.3 is 5.97 Å². The van der Waals surface area contributed by atoms with Gasteiger partial charge in [-0.3, -0.25) is 33.4 Å². The van der Waals surface area contributed by atoms with Gasteiger partial charge in [0.05, 0.1) is 38.5 Å². The number of pyridine rings is 3. The largest absolute Gasteiger partial charge is 0.461 e. The van der Waals surface area contributed by atoms with Crippen LogP contribution in [0.1, 0.15) is 71.6 Å². The zero-order valence-corrected chi connectivity index (χ0v) is 39.1. The van der Waals surface area contributed by atoms with E-state index in [0.29, 0.717) is 96.8 Å². The summed E-state index contributed by atoms with van der Waals surface area (Å²) in [6, 6.07) is 11.7. The van der Waals surface area contributed by atoms with Gasteiger partial charge in [-0.1, -0.05) is 13.8 Å². The number of esters is 1. The van der Waals surface area contributed by atoms with Crippen LogP contribution in [0.5, 0.6) is 0 Å². The lowest BCUT2D eigenvalue weighted by atomic mass is 9.90. The van der Waals surface area contributed by atoms with Crippen molar-refractivity contribution in [3.05, 3.63) is 114 Å². The van der Waals surface area contributed by atoms with Crippen molar-refractivity contribution in [1.82, 2.24) is 38.2 Å². The normalized spacial score (nSPS) is 16.6. The minimum Gasteiger partial charge on any atom is -0.461 e. The quantitative estimate of drug-likeness (QED) is 0.156. The number of carbonyl (C=O) groups excluding carboxylic acids is 2. The standard InChI is InChI=1S/C33H37N7O5.C13H15BrN4O2/c1-19-10-29(36-40(19)23-16-44-17-23)35-26-11-22(15-37(5)31(26)42)24-6-7-34-30(25(24)18-45-20(2)41)39-9-8-38-27(32(39)43)12-21-13-33(3,4)14-28(21)38;1-8-3-12(16-18(8)10-6-20-7-10)15-11-4-9(14)5-17(2)13(11)19/h6-7,10-12,15,23H,8-9,13-14,16-18H2,1-5H3,(H,35,36);3-5,10H,6-7H2,1-2H3,(H,15,16). The highest BCUT2D eigenvalue weighted by Crippen LogP contribution is 2.40. The van der Waals surface area contributed by atoms with Gasteiger partial charge in [-0.15, -0.1) is 0 Å². The van der Waals surface area contributed by atoms with E-state index in [9.17, 15) is 19.2 Å². The van der Waals surface area contributed by atoms with E-state index in [1.807, 2.05) is 47.5 Å². The van der Waals surface area contributed by atoms with Gasteiger partial charge in [0.15, 0.2) is 11.6 Å². The summed E-state index contributed by atoms with van der Waals surface area (Å²) in [6.45, 7) is 13.4. The molecule has 9 heterocycles. The van der Waals surface area contributed by atoms with Crippen molar-refractivity contribution in [3.8, 4) is 11.1 Å². The molecule has 6 aromatic rings. The molecule has 10 rings (SSSR count). The maximum atomic E-state index is 14.0. The molecule has 0 aromatic carbocycles. The van der Waals surface area contributed by atoms with Crippen molar-refractivity contribution < 1.29 is 23.8 Å². The van der Waals surface area contributed by atoms with Crippen molar-refractivity contribution in [2.75, 3.05) is 48.5 Å². The molecule has 4 aliphatic rings. The van der Waals surface area contributed by atoms with Gasteiger partial charge < -0.3 is 38.5 Å². The Kier molecular flexibility index (Phi) is 11.7. The smallest absolute Gasteiger partial charge is 0.302 e. The predicted octanol–water partition coefficient (Wildman–Crippen LogP) is 5.88. The summed E-state index contributed by atoms with van der Waals surface area (Å²) in [6.07, 6.45) is 6.99. The average molecular weight is 951 g/mol. The van der Waals surface area contributed by atoms with Crippen LogP contribution in [0, 0.1) is 19.3 Å². The number of aromatic nitrogens is 8. The first kappa shape index (κ1) is 43.9. The molecule has 0 bridgehead atoms. The summed E-state index contributed by atoms with van der Waals surface area (Å²) in [5.41, 5.74) is 7.84. The van der Waals surface area contributed by atoms with Crippen molar-refractivity contribution in [2.45, 2.75) is 72.7 Å². The highest BCUT2D eigenvalue weighted by atomic mass is 79.9. The van der Waals surface area contributed by atoms with Gasteiger partial charge in [0.1, 0.15) is 29.5 Å². The van der Waals surface area contributed by atoms with Gasteiger partial charge in [-0.05, 0) is 83.4 Å². The highest BCUT2D eigenvalue weighted by Gasteiger charge is 2.38. The van der Waals surface area contributed by atoms with E-state index < -0.39 is 5.97 Å². The summed E-state index contributed by atoms with van der Waals surface area (Å²) >= 11 is 3.38. The second kappa shape index (κ2) is 17.2. The first-order chi connectivity index (χ1) is 31.0. The number of ether oxygens (including phenoxy) is 3. The summed E-state index contributed by atoms with van der Waals surface area (Å²) in [4.78, 5) is 57.5. The first-order valence-electron chi connectivity index (χ1n) is 21.6. The number of aryl methyl sites for hydroxylation is 4. The van der Waals surface area contributed by atoms with Crippen LogP contribution >= 0.6 is 15.9 Å². The molecule has 0 unspecified atom stereocenters. The fourth-order valence-electron chi connectivity index (χ4n) is 8.96. The summed E-state index contributed by atoms with van der Waals surface area (Å²) in [5, 5.41) is 15.4. The molecule has 0 atom stereocenters. The molecule has 340 valence electrons. The van der Waals surface area contributed by atoms with E-state index in [0.717, 1.165) is 28.7 Å². The lowest BCUT2D eigenvalue weighted by Crippen LogP contribution is -2.41. The van der Waals surface area contributed by atoms with E-state index >= 15 is 0 Å². The highest BCUT2D eigenvalue weighted by molar-refractivity contribution is 9.10. The third-order valence-corrected chi connectivity index (χ3v) is 12.7. The molecule has 6 aromatic heterocycles. The van der Waals surface area contributed by atoms with Gasteiger partial charge in [0.2, 0.25) is 0 Å². The van der Waals surface area contributed by atoms with Crippen molar-refractivity contribution in [1.29, 1.82) is 0 Å². The number of amides is 1. The molecule has 65 heavy (non-hydrogen) atoms. The van der Waals surface area contributed by atoms with E-state index in [-0.39, 0.29) is 35.1 Å². The molecule has 0 saturated carbocycles. The minimum atomic E-state index is -0.445. The molecule has 2 fully saturated rings. The Morgan fingerprint density at radius 2 is 1.45 bits per heavy atom. The van der Waals surface area contributed by atoms with Gasteiger partial charge in [-0.2, -0.15) is 10.2 Å². The van der Waals surface area contributed by atoms with Crippen molar-refractivity contribution in [3.63, 3.8) is 0 Å². The van der Waals surface area contributed by atoms with Crippen LogP contribution in [0.15, 0.2) is 69.1 Å². The minimum absolute atomic E-state index is 0.0814. The van der Waals surface area contributed by atoms with Gasteiger partial charge in [0.25, 0.3) is 17.0 Å². The van der Waals surface area contributed by atoms with Crippen LogP contribution in [0.2, 0.25) is 0 Å². The van der Waals surface area contributed by atoms with Crippen LogP contribution in [-0.4, -0.2) is 83.1 Å². The number of nitrogens with one attached hydrogen (secondary N) is 2. The molecule has 0 spiro atoms. The number of halogens is 1. The van der Waals surface area contributed by atoms with Crippen molar-refractivity contribution in [2.24, 2.45) is 19.5 Å². The van der Waals surface area contributed by atoms with E-state index in [1.165, 1.54) is 27.3 Å². The average Bonchev–Trinajstić information content (AvgIpc) is 3.93. The van der Waals surface area contributed by atoms with E-state index in [4.69, 9.17) is 14.2 Å². The van der Waals surface area contributed by atoms with Crippen LogP contribution in [0.3, 0.4) is 0 Å². The Hall–Kier alpha value is -6.31. The molecule has 1 aliphatic carbocycles. The Bertz CT molecular complexity index is 2970. The zero-order valence-electron chi connectivity index (χ0n) is 37.5. The lowest BCUT2D eigenvalue weighted by Gasteiger charge is -2.31. The Morgan fingerprint density at radius 1 is 0.846 bits per heavy atom. The number of rotatable bonds is 10. The van der Waals surface area contributed by atoms with Gasteiger partial charge in [0, 0.05) is 97.5 Å². The van der Waals surface area contributed by atoms with Crippen LogP contribution in [0.25, 0.3) is 11.1 Å². The summed E-state index contributed by atoms with van der Waals surface area (Å²) < 4.78 is 25.9. The second-order valence-electron chi connectivity index (χ2n) is 18.0. The molecule has 1 amide bonds. The molecular formula is C46H52BrN11O7. The number of anilines is 5. The lowest BCUT2D eigenvalue weighted by molar-refractivity contribution is -0.142.